The molecule has 0 aromatic carbocycles. The molecule has 1 aromatic rings. The van der Waals surface area contributed by atoms with Crippen LogP contribution in [0.25, 0.3) is 0 Å². The molecule has 1 unspecified atom stereocenters. The van der Waals surface area contributed by atoms with Crippen molar-refractivity contribution in [2.75, 3.05) is 45.1 Å². The van der Waals surface area contributed by atoms with E-state index in [-0.39, 0.29) is 6.10 Å². The third-order valence-corrected chi connectivity index (χ3v) is 2.29. The zero-order valence-electron chi connectivity index (χ0n) is 10.8. The van der Waals surface area contributed by atoms with E-state index in [1.54, 1.807) is 14.2 Å². The maximum absolute atomic E-state index is 5.25. The minimum Gasteiger partial charge on any atom is -0.382 e. The highest BCUT2D eigenvalue weighted by Gasteiger charge is 2.07. The first-order valence-electron chi connectivity index (χ1n) is 5.48. The molecule has 0 aliphatic carbocycles. The summed E-state index contributed by atoms with van der Waals surface area (Å²) in [7, 11) is 5.14. The predicted octanol–water partition coefficient (Wildman–Crippen LogP) is 0.900. The first-order chi connectivity index (χ1) is 8.19. The number of anilines is 2. The molecule has 6 heteroatoms. The standard InChI is InChI=1S/C11H20N4O2/c1-8-14-10(12-2)5-11(15-8)13-6-9(17-4)7-16-3/h5,9H,6-7H2,1-4H3,(H2,12,13,14,15). The number of hydrogen-bond donors (Lipinski definition) is 2. The number of hydrogen-bond acceptors (Lipinski definition) is 6. The lowest BCUT2D eigenvalue weighted by molar-refractivity contribution is 0.0365. The van der Waals surface area contributed by atoms with Gasteiger partial charge in [-0.25, -0.2) is 9.97 Å². The number of nitrogens with zero attached hydrogens (tertiary/aromatic N) is 2. The zero-order valence-corrected chi connectivity index (χ0v) is 10.8. The van der Waals surface area contributed by atoms with Crippen LogP contribution in [0.4, 0.5) is 11.6 Å². The van der Waals surface area contributed by atoms with Gasteiger partial charge in [0.1, 0.15) is 17.5 Å². The fraction of sp³-hybridized carbons (Fsp3) is 0.636. The topological polar surface area (TPSA) is 68.3 Å². The van der Waals surface area contributed by atoms with Crippen LogP contribution in [-0.2, 0) is 9.47 Å². The first-order valence-corrected chi connectivity index (χ1v) is 5.48. The van der Waals surface area contributed by atoms with Crippen molar-refractivity contribution < 1.29 is 9.47 Å². The Bertz CT molecular complexity index is 346. The predicted molar refractivity (Wildman–Crippen MR) is 67.5 cm³/mol. The van der Waals surface area contributed by atoms with E-state index in [0.29, 0.717) is 13.2 Å². The van der Waals surface area contributed by atoms with Crippen molar-refractivity contribution in [3.05, 3.63) is 11.9 Å². The Morgan fingerprint density at radius 1 is 1.29 bits per heavy atom. The maximum atomic E-state index is 5.25. The van der Waals surface area contributed by atoms with Crippen LogP contribution in [0.5, 0.6) is 0 Å². The summed E-state index contributed by atoms with van der Waals surface area (Å²) < 4.78 is 10.3. The lowest BCUT2D eigenvalue weighted by Gasteiger charge is -2.15. The Kier molecular flexibility index (Phi) is 5.65. The number of ether oxygens (including phenoxy) is 2. The van der Waals surface area contributed by atoms with Gasteiger partial charge in [-0.2, -0.15) is 0 Å². The molecule has 0 aliphatic heterocycles. The minimum atomic E-state index is 0.00769. The molecule has 96 valence electrons. The van der Waals surface area contributed by atoms with Crippen molar-refractivity contribution in [1.82, 2.24) is 9.97 Å². The van der Waals surface area contributed by atoms with Gasteiger partial charge in [-0.3, -0.25) is 0 Å². The minimum absolute atomic E-state index is 0.00769. The summed E-state index contributed by atoms with van der Waals surface area (Å²) in [5.41, 5.74) is 0. The molecule has 1 aromatic heterocycles. The number of aromatic nitrogens is 2. The van der Waals surface area contributed by atoms with Gasteiger partial charge in [0.2, 0.25) is 0 Å². The summed E-state index contributed by atoms with van der Waals surface area (Å²) in [4.78, 5) is 8.51. The summed E-state index contributed by atoms with van der Waals surface area (Å²) in [6.07, 6.45) is 0.00769. The third kappa shape index (κ3) is 4.54. The second-order valence-electron chi connectivity index (χ2n) is 3.63. The second-order valence-corrected chi connectivity index (χ2v) is 3.63. The van der Waals surface area contributed by atoms with E-state index in [4.69, 9.17) is 9.47 Å². The van der Waals surface area contributed by atoms with Gasteiger partial charge in [0, 0.05) is 33.9 Å². The number of methoxy groups -OCH3 is 2. The molecule has 0 saturated heterocycles. The Morgan fingerprint density at radius 3 is 2.59 bits per heavy atom. The monoisotopic (exact) mass is 240 g/mol. The van der Waals surface area contributed by atoms with Crippen molar-refractivity contribution in [2.24, 2.45) is 0 Å². The molecule has 0 amide bonds. The van der Waals surface area contributed by atoms with Crippen molar-refractivity contribution in [2.45, 2.75) is 13.0 Å². The molecule has 1 atom stereocenters. The molecule has 0 bridgehead atoms. The SMILES string of the molecule is CNc1cc(NCC(COC)OC)nc(C)n1. The average Bonchev–Trinajstić information content (AvgIpc) is 2.33. The first kappa shape index (κ1) is 13.7. The quantitative estimate of drug-likeness (QED) is 0.738. The maximum Gasteiger partial charge on any atom is 0.131 e. The molecule has 1 heterocycles. The second kappa shape index (κ2) is 7.03. The van der Waals surface area contributed by atoms with Crippen LogP contribution in [0, 0.1) is 6.92 Å². The normalized spacial score (nSPS) is 12.2. The summed E-state index contributed by atoms with van der Waals surface area (Å²) in [5.74, 6) is 2.29. The van der Waals surface area contributed by atoms with Crippen LogP contribution in [0.3, 0.4) is 0 Å². The summed E-state index contributed by atoms with van der Waals surface area (Å²) in [5, 5.41) is 6.19. The average molecular weight is 240 g/mol. The van der Waals surface area contributed by atoms with Crippen LogP contribution >= 0.6 is 0 Å². The van der Waals surface area contributed by atoms with E-state index in [2.05, 4.69) is 20.6 Å². The third-order valence-electron chi connectivity index (χ3n) is 2.29. The Hall–Kier alpha value is -1.40. The number of rotatable bonds is 7. The molecule has 0 spiro atoms. The Morgan fingerprint density at radius 2 is 2.00 bits per heavy atom. The molecular weight excluding hydrogens is 220 g/mol. The van der Waals surface area contributed by atoms with Gasteiger partial charge >= 0.3 is 0 Å². The van der Waals surface area contributed by atoms with Crippen molar-refractivity contribution in [1.29, 1.82) is 0 Å². The highest BCUT2D eigenvalue weighted by Crippen LogP contribution is 2.10. The van der Waals surface area contributed by atoms with Gasteiger partial charge in [-0.1, -0.05) is 0 Å². The smallest absolute Gasteiger partial charge is 0.131 e. The van der Waals surface area contributed by atoms with Gasteiger partial charge in [-0.15, -0.1) is 0 Å². The van der Waals surface area contributed by atoms with Gasteiger partial charge in [0.25, 0.3) is 0 Å². The number of nitrogens with one attached hydrogen (secondary N) is 2. The zero-order chi connectivity index (χ0) is 12.7. The molecule has 17 heavy (non-hydrogen) atoms. The van der Waals surface area contributed by atoms with E-state index < -0.39 is 0 Å². The van der Waals surface area contributed by atoms with Crippen LogP contribution < -0.4 is 10.6 Å². The molecule has 2 N–H and O–H groups in total. The van der Waals surface area contributed by atoms with Gasteiger partial charge in [0.15, 0.2) is 0 Å². The molecule has 0 fully saturated rings. The largest absolute Gasteiger partial charge is 0.382 e. The molecule has 1 rings (SSSR count). The van der Waals surface area contributed by atoms with Crippen LogP contribution in [0.15, 0.2) is 6.07 Å². The van der Waals surface area contributed by atoms with Crippen molar-refractivity contribution in [3.8, 4) is 0 Å². The molecular formula is C11H20N4O2. The van der Waals surface area contributed by atoms with E-state index >= 15 is 0 Å². The molecule has 6 nitrogen and oxygen atoms in total. The number of aryl methyl sites for hydroxylation is 1. The summed E-state index contributed by atoms with van der Waals surface area (Å²) in [6, 6.07) is 1.85. The van der Waals surface area contributed by atoms with Crippen LogP contribution in [-0.4, -0.2) is 50.5 Å². The van der Waals surface area contributed by atoms with Crippen LogP contribution in [0.1, 0.15) is 5.82 Å². The fourth-order valence-electron chi connectivity index (χ4n) is 1.40. The summed E-state index contributed by atoms with van der Waals surface area (Å²) in [6.45, 7) is 3.05. The molecule has 0 aliphatic rings. The van der Waals surface area contributed by atoms with E-state index in [1.165, 1.54) is 0 Å². The lowest BCUT2D eigenvalue weighted by atomic mass is 10.3. The highest BCUT2D eigenvalue weighted by molar-refractivity contribution is 5.47. The highest BCUT2D eigenvalue weighted by atomic mass is 16.5. The van der Waals surface area contributed by atoms with E-state index in [1.807, 2.05) is 20.0 Å². The fourth-order valence-corrected chi connectivity index (χ4v) is 1.40. The Labute approximate surface area is 102 Å². The summed E-state index contributed by atoms with van der Waals surface area (Å²) >= 11 is 0. The Balaban J connectivity index is 2.58. The molecule has 0 radical (unpaired) electrons. The van der Waals surface area contributed by atoms with Gasteiger partial charge < -0.3 is 20.1 Å². The lowest BCUT2D eigenvalue weighted by Crippen LogP contribution is -2.27. The van der Waals surface area contributed by atoms with Gasteiger partial charge in [-0.05, 0) is 6.92 Å². The van der Waals surface area contributed by atoms with Crippen molar-refractivity contribution >= 4 is 11.6 Å². The van der Waals surface area contributed by atoms with Crippen LogP contribution in [0.2, 0.25) is 0 Å². The van der Waals surface area contributed by atoms with Crippen molar-refractivity contribution in [3.63, 3.8) is 0 Å². The van der Waals surface area contributed by atoms with E-state index in [0.717, 1.165) is 17.5 Å². The van der Waals surface area contributed by atoms with E-state index in [9.17, 15) is 0 Å². The molecule has 0 saturated carbocycles. The van der Waals surface area contributed by atoms with Gasteiger partial charge in [0.05, 0.1) is 12.7 Å².